The number of imide groups is 1. The molecule has 1 fully saturated rings. The van der Waals surface area contributed by atoms with Crippen LogP contribution in [0, 0.1) is 11.8 Å². The van der Waals surface area contributed by atoms with Crippen LogP contribution in [0.15, 0.2) is 0 Å². The summed E-state index contributed by atoms with van der Waals surface area (Å²) in [6, 6.07) is -0.385. The molecule has 1 heterocycles. The summed E-state index contributed by atoms with van der Waals surface area (Å²) in [5.41, 5.74) is 0. The Morgan fingerprint density at radius 2 is 2.10 bits per heavy atom. The van der Waals surface area contributed by atoms with E-state index in [0.717, 1.165) is 32.5 Å². The van der Waals surface area contributed by atoms with Gasteiger partial charge in [0.25, 0.3) is 0 Å². The lowest BCUT2D eigenvalue weighted by Gasteiger charge is -2.32. The number of amides is 3. The minimum absolute atomic E-state index is 0.220. The van der Waals surface area contributed by atoms with Crippen LogP contribution in [-0.2, 0) is 4.79 Å². The van der Waals surface area contributed by atoms with Crippen molar-refractivity contribution in [2.75, 3.05) is 39.8 Å². The summed E-state index contributed by atoms with van der Waals surface area (Å²) in [6.07, 6.45) is 3.23. The second-order valence-corrected chi connectivity index (χ2v) is 6.29. The molecule has 6 nitrogen and oxygen atoms in total. The molecule has 21 heavy (non-hydrogen) atoms. The van der Waals surface area contributed by atoms with E-state index in [9.17, 15) is 9.59 Å². The highest BCUT2D eigenvalue weighted by atomic mass is 16.2. The SMILES string of the molecule is CNCC1CCCN(CC(=O)NC(=O)NCCC(C)C)C1. The van der Waals surface area contributed by atoms with Gasteiger partial charge in [-0.2, -0.15) is 0 Å². The predicted octanol–water partition coefficient (Wildman–Crippen LogP) is 0.790. The lowest BCUT2D eigenvalue weighted by atomic mass is 9.98. The highest BCUT2D eigenvalue weighted by molar-refractivity contribution is 5.95. The third kappa shape index (κ3) is 8.02. The minimum Gasteiger partial charge on any atom is -0.338 e. The summed E-state index contributed by atoms with van der Waals surface area (Å²) in [5.74, 6) is 0.914. The number of urea groups is 1. The second kappa shape index (κ2) is 9.73. The average molecular weight is 298 g/mol. The Hall–Kier alpha value is -1.14. The topological polar surface area (TPSA) is 73.5 Å². The summed E-state index contributed by atoms with van der Waals surface area (Å²) in [7, 11) is 1.95. The lowest BCUT2D eigenvalue weighted by molar-refractivity contribution is -0.121. The zero-order chi connectivity index (χ0) is 15.7. The van der Waals surface area contributed by atoms with E-state index in [-0.39, 0.29) is 11.9 Å². The molecule has 3 N–H and O–H groups in total. The molecule has 0 aromatic carbocycles. The van der Waals surface area contributed by atoms with Gasteiger partial charge in [0.05, 0.1) is 6.54 Å². The molecule has 122 valence electrons. The number of piperidine rings is 1. The van der Waals surface area contributed by atoms with E-state index in [4.69, 9.17) is 0 Å². The van der Waals surface area contributed by atoms with Crippen molar-refractivity contribution in [2.45, 2.75) is 33.1 Å². The zero-order valence-electron chi connectivity index (χ0n) is 13.6. The molecule has 0 aliphatic carbocycles. The van der Waals surface area contributed by atoms with Crippen LogP contribution in [0.1, 0.15) is 33.1 Å². The van der Waals surface area contributed by atoms with Crippen molar-refractivity contribution < 1.29 is 9.59 Å². The molecule has 1 rings (SSSR count). The van der Waals surface area contributed by atoms with E-state index in [1.165, 1.54) is 6.42 Å². The maximum atomic E-state index is 11.9. The van der Waals surface area contributed by atoms with Gasteiger partial charge in [-0.15, -0.1) is 0 Å². The van der Waals surface area contributed by atoms with E-state index in [2.05, 4.69) is 34.7 Å². The molecular formula is C15H30N4O2. The van der Waals surface area contributed by atoms with Gasteiger partial charge < -0.3 is 10.6 Å². The van der Waals surface area contributed by atoms with Crippen LogP contribution in [0.3, 0.4) is 0 Å². The van der Waals surface area contributed by atoms with Gasteiger partial charge in [-0.1, -0.05) is 13.8 Å². The molecule has 0 aromatic heterocycles. The molecule has 0 saturated carbocycles. The standard InChI is InChI=1S/C15H30N4O2/c1-12(2)6-7-17-15(21)18-14(20)11-19-8-4-5-13(10-19)9-16-3/h12-13,16H,4-11H2,1-3H3,(H2,17,18,20,21). The highest BCUT2D eigenvalue weighted by Gasteiger charge is 2.21. The third-order valence-electron chi connectivity index (χ3n) is 3.72. The van der Waals surface area contributed by atoms with Crippen molar-refractivity contribution in [3.8, 4) is 0 Å². The Morgan fingerprint density at radius 1 is 1.33 bits per heavy atom. The number of nitrogens with zero attached hydrogens (tertiary/aromatic N) is 1. The van der Waals surface area contributed by atoms with E-state index >= 15 is 0 Å². The summed E-state index contributed by atoms with van der Waals surface area (Å²) in [6.45, 7) is 7.94. The summed E-state index contributed by atoms with van der Waals surface area (Å²) >= 11 is 0. The Bertz CT molecular complexity index is 332. The van der Waals surface area contributed by atoms with Crippen molar-refractivity contribution in [3.63, 3.8) is 0 Å². The summed E-state index contributed by atoms with van der Waals surface area (Å²) in [5, 5.41) is 8.30. The first-order valence-electron chi connectivity index (χ1n) is 7.96. The molecule has 3 amide bonds. The molecule has 1 unspecified atom stereocenters. The summed E-state index contributed by atoms with van der Waals surface area (Å²) in [4.78, 5) is 25.6. The van der Waals surface area contributed by atoms with Crippen LogP contribution in [-0.4, -0.2) is 56.6 Å². The highest BCUT2D eigenvalue weighted by Crippen LogP contribution is 2.15. The molecule has 1 atom stereocenters. The van der Waals surface area contributed by atoms with Crippen molar-refractivity contribution >= 4 is 11.9 Å². The van der Waals surface area contributed by atoms with Gasteiger partial charge in [-0.25, -0.2) is 4.79 Å². The van der Waals surface area contributed by atoms with E-state index < -0.39 is 0 Å². The minimum atomic E-state index is -0.385. The number of hydrogen-bond donors (Lipinski definition) is 3. The third-order valence-corrected chi connectivity index (χ3v) is 3.72. The molecule has 0 spiro atoms. The molecular weight excluding hydrogens is 268 g/mol. The average Bonchev–Trinajstić information content (AvgIpc) is 2.38. The Balaban J connectivity index is 2.21. The van der Waals surface area contributed by atoms with Gasteiger partial charge in [-0.05, 0) is 51.2 Å². The van der Waals surface area contributed by atoms with Crippen LogP contribution in [0.25, 0.3) is 0 Å². The van der Waals surface area contributed by atoms with Crippen molar-refractivity contribution in [1.29, 1.82) is 0 Å². The number of rotatable bonds is 7. The number of hydrogen-bond acceptors (Lipinski definition) is 4. The normalized spacial score (nSPS) is 19.5. The van der Waals surface area contributed by atoms with Crippen LogP contribution < -0.4 is 16.0 Å². The summed E-state index contributed by atoms with van der Waals surface area (Å²) < 4.78 is 0. The number of carbonyl (C=O) groups excluding carboxylic acids is 2. The fourth-order valence-electron chi connectivity index (χ4n) is 2.64. The van der Waals surface area contributed by atoms with Gasteiger partial charge in [0.1, 0.15) is 0 Å². The molecule has 0 radical (unpaired) electrons. The Kier molecular flexibility index (Phi) is 8.30. The van der Waals surface area contributed by atoms with Crippen LogP contribution in [0.4, 0.5) is 4.79 Å². The zero-order valence-corrected chi connectivity index (χ0v) is 13.6. The van der Waals surface area contributed by atoms with Gasteiger partial charge in [0.2, 0.25) is 5.91 Å². The van der Waals surface area contributed by atoms with Gasteiger partial charge >= 0.3 is 6.03 Å². The first-order chi connectivity index (χ1) is 10.0. The van der Waals surface area contributed by atoms with E-state index in [1.807, 2.05) is 7.05 Å². The van der Waals surface area contributed by atoms with Crippen molar-refractivity contribution in [3.05, 3.63) is 0 Å². The molecule has 1 aliphatic rings. The second-order valence-electron chi connectivity index (χ2n) is 6.29. The fourth-order valence-corrected chi connectivity index (χ4v) is 2.64. The van der Waals surface area contributed by atoms with Gasteiger partial charge in [0, 0.05) is 13.1 Å². The number of likely N-dealkylation sites (tertiary alicyclic amines) is 1. The molecule has 6 heteroatoms. The van der Waals surface area contributed by atoms with Crippen molar-refractivity contribution in [2.24, 2.45) is 11.8 Å². The number of nitrogens with one attached hydrogen (secondary N) is 3. The van der Waals surface area contributed by atoms with E-state index in [1.54, 1.807) is 0 Å². The van der Waals surface area contributed by atoms with Crippen LogP contribution >= 0.6 is 0 Å². The Morgan fingerprint density at radius 3 is 2.76 bits per heavy atom. The Labute approximate surface area is 128 Å². The van der Waals surface area contributed by atoms with Crippen LogP contribution in [0.2, 0.25) is 0 Å². The number of carbonyl (C=O) groups is 2. The van der Waals surface area contributed by atoms with E-state index in [0.29, 0.717) is 24.9 Å². The predicted molar refractivity (Wildman–Crippen MR) is 84.1 cm³/mol. The van der Waals surface area contributed by atoms with Gasteiger partial charge in [-0.3, -0.25) is 15.0 Å². The maximum Gasteiger partial charge on any atom is 0.321 e. The van der Waals surface area contributed by atoms with Crippen LogP contribution in [0.5, 0.6) is 0 Å². The lowest BCUT2D eigenvalue weighted by Crippen LogP contribution is -2.47. The maximum absolute atomic E-state index is 11.9. The largest absolute Gasteiger partial charge is 0.338 e. The first-order valence-corrected chi connectivity index (χ1v) is 7.96. The smallest absolute Gasteiger partial charge is 0.321 e. The quantitative estimate of drug-likeness (QED) is 0.650. The first kappa shape index (κ1) is 17.9. The fraction of sp³-hybridized carbons (Fsp3) is 0.867. The van der Waals surface area contributed by atoms with Gasteiger partial charge in [0.15, 0.2) is 0 Å². The monoisotopic (exact) mass is 298 g/mol. The molecule has 0 bridgehead atoms. The molecule has 0 aromatic rings. The molecule has 1 saturated heterocycles. The molecule has 1 aliphatic heterocycles. The van der Waals surface area contributed by atoms with Crippen molar-refractivity contribution in [1.82, 2.24) is 20.9 Å².